The molecule has 0 saturated carbocycles. The van der Waals surface area contributed by atoms with Crippen LogP contribution in [0, 0.1) is 11.8 Å². The first-order chi connectivity index (χ1) is 13.7. The second kappa shape index (κ2) is 11.4. The molecule has 156 valence electrons. The molecule has 2 unspecified atom stereocenters. The summed E-state index contributed by atoms with van der Waals surface area (Å²) in [4.78, 5) is 9.97. The molecule has 0 aromatic heterocycles. The number of aliphatic imine (C=N–C) groups is 1. The van der Waals surface area contributed by atoms with E-state index in [1.165, 1.54) is 44.5 Å². The van der Waals surface area contributed by atoms with Gasteiger partial charge in [0.2, 0.25) is 0 Å². The normalized spacial score (nSPS) is 22.0. The van der Waals surface area contributed by atoms with Crippen LogP contribution in [-0.2, 0) is 11.3 Å². The molecular weight excluding hydrogens is 348 g/mol. The smallest absolute Gasteiger partial charge is 0.193 e. The lowest BCUT2D eigenvalue weighted by Gasteiger charge is -2.23. The molecule has 3 rings (SSSR count). The van der Waals surface area contributed by atoms with E-state index in [-0.39, 0.29) is 0 Å². The highest BCUT2D eigenvalue weighted by Crippen LogP contribution is 2.18. The van der Waals surface area contributed by atoms with E-state index >= 15 is 0 Å². The number of benzene rings is 1. The Kier molecular flexibility index (Phi) is 8.62. The predicted octanol–water partition coefficient (Wildman–Crippen LogP) is 3.22. The molecule has 0 radical (unpaired) electrons. The minimum absolute atomic E-state index is 0.592. The van der Waals surface area contributed by atoms with Crippen LogP contribution in [0.25, 0.3) is 0 Å². The van der Waals surface area contributed by atoms with Crippen LogP contribution >= 0.6 is 0 Å². The lowest BCUT2D eigenvalue weighted by Crippen LogP contribution is -2.40. The molecule has 5 heteroatoms. The van der Waals surface area contributed by atoms with Crippen molar-refractivity contribution in [3.63, 3.8) is 0 Å². The first-order valence-corrected chi connectivity index (χ1v) is 11.1. The molecule has 2 aliphatic rings. The Labute approximate surface area is 171 Å². The van der Waals surface area contributed by atoms with Gasteiger partial charge in [-0.3, -0.25) is 4.99 Å². The van der Waals surface area contributed by atoms with Crippen LogP contribution < -0.4 is 5.32 Å². The molecule has 5 nitrogen and oxygen atoms in total. The average molecular weight is 387 g/mol. The number of hydrogen-bond acceptors (Lipinski definition) is 3. The van der Waals surface area contributed by atoms with E-state index in [1.807, 2.05) is 6.07 Å². The van der Waals surface area contributed by atoms with Gasteiger partial charge >= 0.3 is 0 Å². The quantitative estimate of drug-likeness (QED) is 0.523. The van der Waals surface area contributed by atoms with Crippen LogP contribution in [0.4, 0.5) is 0 Å². The first-order valence-electron chi connectivity index (χ1n) is 11.1. The maximum atomic E-state index is 5.97. The van der Waals surface area contributed by atoms with Gasteiger partial charge in [-0.1, -0.05) is 37.3 Å². The Bertz CT molecular complexity index is 586. The van der Waals surface area contributed by atoms with E-state index in [2.05, 4.69) is 53.2 Å². The van der Waals surface area contributed by atoms with Crippen molar-refractivity contribution >= 4 is 5.96 Å². The molecule has 2 aliphatic heterocycles. The van der Waals surface area contributed by atoms with Crippen LogP contribution in [0.2, 0.25) is 0 Å². The Hall–Kier alpha value is -1.59. The monoisotopic (exact) mass is 386 g/mol. The molecule has 1 aromatic carbocycles. The zero-order valence-corrected chi connectivity index (χ0v) is 17.8. The van der Waals surface area contributed by atoms with Gasteiger partial charge in [0, 0.05) is 38.6 Å². The van der Waals surface area contributed by atoms with E-state index in [4.69, 9.17) is 9.73 Å². The van der Waals surface area contributed by atoms with E-state index in [0.717, 1.165) is 38.7 Å². The molecule has 2 heterocycles. The Balaban J connectivity index is 1.41. The fraction of sp³-hybridized carbons (Fsp3) is 0.696. The minimum Gasteiger partial charge on any atom is -0.376 e. The van der Waals surface area contributed by atoms with Gasteiger partial charge in [-0.25, -0.2) is 0 Å². The van der Waals surface area contributed by atoms with E-state index in [1.54, 1.807) is 0 Å². The SMILES string of the molecule is CCNC(=NCC(C)CN1CCCC1)N1CCC(COCc2ccccc2)C1. The molecule has 28 heavy (non-hydrogen) atoms. The Morgan fingerprint density at radius 2 is 2.00 bits per heavy atom. The van der Waals surface area contributed by atoms with Gasteiger partial charge in [0.1, 0.15) is 0 Å². The van der Waals surface area contributed by atoms with Crippen molar-refractivity contribution in [1.82, 2.24) is 15.1 Å². The van der Waals surface area contributed by atoms with Gasteiger partial charge in [-0.2, -0.15) is 0 Å². The molecule has 2 fully saturated rings. The molecule has 2 saturated heterocycles. The summed E-state index contributed by atoms with van der Waals surface area (Å²) in [7, 11) is 0. The Morgan fingerprint density at radius 3 is 2.75 bits per heavy atom. The van der Waals surface area contributed by atoms with Gasteiger partial charge in [-0.05, 0) is 50.8 Å². The minimum atomic E-state index is 0.592. The van der Waals surface area contributed by atoms with Crippen LogP contribution in [0.3, 0.4) is 0 Å². The molecule has 1 N–H and O–H groups in total. The van der Waals surface area contributed by atoms with Gasteiger partial charge < -0.3 is 19.9 Å². The number of nitrogens with zero attached hydrogens (tertiary/aromatic N) is 3. The summed E-state index contributed by atoms with van der Waals surface area (Å²) >= 11 is 0. The third-order valence-corrected chi connectivity index (χ3v) is 5.71. The largest absolute Gasteiger partial charge is 0.376 e. The van der Waals surface area contributed by atoms with Gasteiger partial charge in [-0.15, -0.1) is 0 Å². The Morgan fingerprint density at radius 1 is 1.21 bits per heavy atom. The van der Waals surface area contributed by atoms with Crippen molar-refractivity contribution in [3.8, 4) is 0 Å². The number of guanidine groups is 1. The van der Waals surface area contributed by atoms with Crippen LogP contribution in [0.15, 0.2) is 35.3 Å². The molecular formula is C23H38N4O. The number of ether oxygens (including phenoxy) is 1. The lowest BCUT2D eigenvalue weighted by molar-refractivity contribution is 0.0906. The van der Waals surface area contributed by atoms with Crippen molar-refractivity contribution in [2.24, 2.45) is 16.8 Å². The third-order valence-electron chi connectivity index (χ3n) is 5.71. The molecule has 0 amide bonds. The van der Waals surface area contributed by atoms with Crippen molar-refractivity contribution in [2.75, 3.05) is 52.4 Å². The van der Waals surface area contributed by atoms with Gasteiger partial charge in [0.25, 0.3) is 0 Å². The van der Waals surface area contributed by atoms with Crippen LogP contribution in [-0.4, -0.2) is 68.2 Å². The number of likely N-dealkylation sites (tertiary alicyclic amines) is 2. The maximum Gasteiger partial charge on any atom is 0.193 e. The fourth-order valence-corrected chi connectivity index (χ4v) is 4.21. The van der Waals surface area contributed by atoms with Crippen molar-refractivity contribution < 1.29 is 4.74 Å². The van der Waals surface area contributed by atoms with Gasteiger partial charge in [0.05, 0.1) is 13.2 Å². The summed E-state index contributed by atoms with van der Waals surface area (Å²) in [5.41, 5.74) is 1.25. The summed E-state index contributed by atoms with van der Waals surface area (Å²) in [5, 5.41) is 3.50. The fourth-order valence-electron chi connectivity index (χ4n) is 4.21. The maximum absolute atomic E-state index is 5.97. The highest BCUT2D eigenvalue weighted by Gasteiger charge is 2.25. The van der Waals surface area contributed by atoms with E-state index in [0.29, 0.717) is 18.4 Å². The summed E-state index contributed by atoms with van der Waals surface area (Å²) < 4.78 is 5.97. The summed E-state index contributed by atoms with van der Waals surface area (Å²) in [6.07, 6.45) is 3.91. The van der Waals surface area contributed by atoms with Gasteiger partial charge in [0.15, 0.2) is 5.96 Å². The molecule has 2 atom stereocenters. The summed E-state index contributed by atoms with van der Waals surface area (Å²) in [5.74, 6) is 2.29. The standard InChI is InChI=1S/C23H38N4O/c1-3-24-23(25-15-20(2)16-26-12-7-8-13-26)27-14-11-22(17-27)19-28-18-21-9-5-4-6-10-21/h4-6,9-10,20,22H,3,7-8,11-19H2,1-2H3,(H,24,25). The number of nitrogens with one attached hydrogen (secondary N) is 1. The van der Waals surface area contributed by atoms with Crippen molar-refractivity contribution in [1.29, 1.82) is 0 Å². The molecule has 1 aromatic rings. The second-order valence-corrected chi connectivity index (χ2v) is 8.41. The van der Waals surface area contributed by atoms with Crippen LogP contribution in [0.5, 0.6) is 0 Å². The predicted molar refractivity (Wildman–Crippen MR) is 117 cm³/mol. The van der Waals surface area contributed by atoms with Crippen molar-refractivity contribution in [2.45, 2.75) is 39.7 Å². The third kappa shape index (κ3) is 6.78. The summed E-state index contributed by atoms with van der Waals surface area (Å²) in [6, 6.07) is 10.4. The average Bonchev–Trinajstić information content (AvgIpc) is 3.38. The second-order valence-electron chi connectivity index (χ2n) is 8.41. The number of rotatable bonds is 9. The van der Waals surface area contributed by atoms with E-state index in [9.17, 15) is 0 Å². The van der Waals surface area contributed by atoms with Crippen molar-refractivity contribution in [3.05, 3.63) is 35.9 Å². The topological polar surface area (TPSA) is 40.1 Å². The molecule has 0 spiro atoms. The zero-order valence-electron chi connectivity index (χ0n) is 17.8. The highest BCUT2D eigenvalue weighted by molar-refractivity contribution is 5.80. The first kappa shape index (κ1) is 21.1. The lowest BCUT2D eigenvalue weighted by atomic mass is 10.1. The van der Waals surface area contributed by atoms with E-state index < -0.39 is 0 Å². The zero-order chi connectivity index (χ0) is 19.6. The highest BCUT2D eigenvalue weighted by atomic mass is 16.5. The number of hydrogen-bond donors (Lipinski definition) is 1. The van der Waals surface area contributed by atoms with Crippen LogP contribution in [0.1, 0.15) is 38.7 Å². The molecule has 0 aliphatic carbocycles. The molecule has 0 bridgehead atoms. The summed E-state index contributed by atoms with van der Waals surface area (Å²) in [6.45, 7) is 13.7.